The molecule has 96 valence electrons. The molecule has 5 nitrogen and oxygen atoms in total. The Morgan fingerprint density at radius 3 is 2.42 bits per heavy atom. The number of carbonyl (C=O) groups is 1. The van der Waals surface area contributed by atoms with E-state index >= 15 is 0 Å². The first-order valence-corrected chi connectivity index (χ1v) is 5.68. The van der Waals surface area contributed by atoms with Gasteiger partial charge in [-0.3, -0.25) is 14.9 Å². The van der Waals surface area contributed by atoms with E-state index in [1.807, 2.05) is 25.1 Å². The number of amides is 1. The minimum absolute atomic E-state index is 0.0429. The highest BCUT2D eigenvalue weighted by Crippen LogP contribution is 2.31. The molecule has 0 unspecified atom stereocenters. The van der Waals surface area contributed by atoms with Crippen LogP contribution in [-0.2, 0) is 4.79 Å². The van der Waals surface area contributed by atoms with Crippen LogP contribution < -0.4 is 5.32 Å². The number of carbonyl (C=O) groups excluding carboxylic acids is 1. The van der Waals surface area contributed by atoms with Crippen molar-refractivity contribution in [2.75, 3.05) is 5.32 Å². The summed E-state index contributed by atoms with van der Waals surface area (Å²) in [6, 6.07) is 11.9. The largest absolute Gasteiger partial charge is 0.328 e. The van der Waals surface area contributed by atoms with Crippen molar-refractivity contribution in [1.82, 2.24) is 0 Å². The molecule has 1 amide bonds. The second kappa shape index (κ2) is 5.30. The Balaban J connectivity index is 2.49. The topological polar surface area (TPSA) is 72.2 Å². The fraction of sp³-hybridized carbons (Fsp3) is 0.0714. The van der Waals surface area contributed by atoms with Gasteiger partial charge in [0.15, 0.2) is 0 Å². The summed E-state index contributed by atoms with van der Waals surface area (Å²) in [6.45, 7) is 1.89. The Morgan fingerprint density at radius 1 is 1.16 bits per heavy atom. The van der Waals surface area contributed by atoms with E-state index in [4.69, 9.17) is 0 Å². The van der Waals surface area contributed by atoms with Gasteiger partial charge in [0.2, 0.25) is 6.41 Å². The molecule has 0 heterocycles. The molecule has 2 aromatic carbocycles. The molecule has 1 N–H and O–H groups in total. The van der Waals surface area contributed by atoms with Crippen LogP contribution in [-0.4, -0.2) is 11.3 Å². The van der Waals surface area contributed by atoms with Crippen LogP contribution >= 0.6 is 0 Å². The molecular formula is C14H12N2O3. The molecule has 2 rings (SSSR count). The Bertz CT molecular complexity index is 621. The van der Waals surface area contributed by atoms with Crippen molar-refractivity contribution in [3.63, 3.8) is 0 Å². The predicted octanol–water partition coefficient (Wildman–Crippen LogP) is 3.14. The van der Waals surface area contributed by atoms with E-state index in [0.29, 0.717) is 12.1 Å². The van der Waals surface area contributed by atoms with Gasteiger partial charge in [0.1, 0.15) is 0 Å². The number of nitro groups is 1. The number of nitro benzene ring substituents is 1. The fourth-order valence-electron chi connectivity index (χ4n) is 1.92. The summed E-state index contributed by atoms with van der Waals surface area (Å²) in [4.78, 5) is 20.8. The monoisotopic (exact) mass is 256 g/mol. The van der Waals surface area contributed by atoms with Crippen molar-refractivity contribution in [2.45, 2.75) is 6.92 Å². The third-order valence-electron chi connectivity index (χ3n) is 2.87. The molecule has 0 spiro atoms. The van der Waals surface area contributed by atoms with Gasteiger partial charge < -0.3 is 5.32 Å². The number of para-hydroxylation sites is 1. The van der Waals surface area contributed by atoms with Gasteiger partial charge in [-0.05, 0) is 30.2 Å². The van der Waals surface area contributed by atoms with Crippen molar-refractivity contribution in [2.24, 2.45) is 0 Å². The van der Waals surface area contributed by atoms with Gasteiger partial charge in [0.05, 0.1) is 10.6 Å². The first-order chi connectivity index (χ1) is 9.13. The summed E-state index contributed by atoms with van der Waals surface area (Å²) < 4.78 is 0. The van der Waals surface area contributed by atoms with Crippen LogP contribution in [0.25, 0.3) is 11.1 Å². The Kier molecular flexibility index (Phi) is 3.56. The molecule has 19 heavy (non-hydrogen) atoms. The average Bonchev–Trinajstić information content (AvgIpc) is 2.41. The number of non-ortho nitro benzene ring substituents is 1. The molecule has 0 saturated heterocycles. The van der Waals surface area contributed by atoms with Crippen LogP contribution in [0, 0.1) is 17.0 Å². The van der Waals surface area contributed by atoms with Gasteiger partial charge in [-0.15, -0.1) is 0 Å². The van der Waals surface area contributed by atoms with E-state index in [1.54, 1.807) is 12.1 Å². The van der Waals surface area contributed by atoms with Crippen LogP contribution in [0.5, 0.6) is 0 Å². The van der Waals surface area contributed by atoms with Crippen molar-refractivity contribution in [1.29, 1.82) is 0 Å². The Labute approximate surface area is 110 Å². The SMILES string of the molecule is Cc1cccc(-c2ccc([N+](=O)[O-])cc2)c1NC=O. The number of nitrogens with zero attached hydrogens (tertiary/aromatic N) is 1. The minimum Gasteiger partial charge on any atom is -0.328 e. The molecule has 5 heteroatoms. The van der Waals surface area contributed by atoms with E-state index in [1.165, 1.54) is 12.1 Å². The van der Waals surface area contributed by atoms with Gasteiger partial charge in [-0.25, -0.2) is 0 Å². The number of hydrogen-bond acceptors (Lipinski definition) is 3. The molecule has 0 aromatic heterocycles. The average molecular weight is 256 g/mol. The maximum absolute atomic E-state index is 10.7. The lowest BCUT2D eigenvalue weighted by Gasteiger charge is -2.11. The molecule has 2 aromatic rings. The molecule has 0 atom stereocenters. The third kappa shape index (κ3) is 2.60. The Hall–Kier alpha value is -2.69. The number of benzene rings is 2. The molecule has 0 aliphatic heterocycles. The van der Waals surface area contributed by atoms with Crippen molar-refractivity contribution in [3.05, 3.63) is 58.1 Å². The van der Waals surface area contributed by atoms with Crippen molar-refractivity contribution in [3.8, 4) is 11.1 Å². The summed E-state index contributed by atoms with van der Waals surface area (Å²) >= 11 is 0. The van der Waals surface area contributed by atoms with Gasteiger partial charge >= 0.3 is 0 Å². The van der Waals surface area contributed by atoms with E-state index < -0.39 is 4.92 Å². The molecule has 0 radical (unpaired) electrons. The normalized spacial score (nSPS) is 9.95. The molecule has 0 aliphatic rings. The summed E-state index contributed by atoms with van der Waals surface area (Å²) in [6.07, 6.45) is 0.622. The lowest BCUT2D eigenvalue weighted by atomic mass is 10.0. The maximum Gasteiger partial charge on any atom is 0.269 e. The highest BCUT2D eigenvalue weighted by Gasteiger charge is 2.09. The smallest absolute Gasteiger partial charge is 0.269 e. The lowest BCUT2D eigenvalue weighted by Crippen LogP contribution is -1.99. The molecule has 0 fully saturated rings. The van der Waals surface area contributed by atoms with E-state index in [0.717, 1.165) is 16.7 Å². The van der Waals surface area contributed by atoms with Crippen LogP contribution in [0.1, 0.15) is 5.56 Å². The quantitative estimate of drug-likeness (QED) is 0.519. The zero-order chi connectivity index (χ0) is 13.8. The molecule has 0 saturated carbocycles. The summed E-state index contributed by atoms with van der Waals surface area (Å²) in [5, 5.41) is 13.3. The first kappa shape index (κ1) is 12.8. The zero-order valence-corrected chi connectivity index (χ0v) is 10.3. The van der Waals surface area contributed by atoms with Crippen LogP contribution in [0.2, 0.25) is 0 Å². The molecular weight excluding hydrogens is 244 g/mol. The number of hydrogen-bond donors (Lipinski definition) is 1. The van der Waals surface area contributed by atoms with Crippen LogP contribution in [0.4, 0.5) is 11.4 Å². The zero-order valence-electron chi connectivity index (χ0n) is 10.3. The summed E-state index contributed by atoms with van der Waals surface area (Å²) in [7, 11) is 0. The number of rotatable bonds is 4. The predicted molar refractivity (Wildman–Crippen MR) is 73.0 cm³/mol. The molecule has 0 aliphatic carbocycles. The third-order valence-corrected chi connectivity index (χ3v) is 2.87. The van der Waals surface area contributed by atoms with Crippen molar-refractivity contribution >= 4 is 17.8 Å². The second-order valence-corrected chi connectivity index (χ2v) is 4.06. The lowest BCUT2D eigenvalue weighted by molar-refractivity contribution is -0.384. The van der Waals surface area contributed by atoms with Crippen LogP contribution in [0.15, 0.2) is 42.5 Å². The summed E-state index contributed by atoms with van der Waals surface area (Å²) in [5.74, 6) is 0. The maximum atomic E-state index is 10.7. The number of anilines is 1. The standard InChI is InChI=1S/C14H12N2O3/c1-10-3-2-4-13(14(10)15-9-17)11-5-7-12(8-6-11)16(18)19/h2-9H,1H3,(H,15,17). The summed E-state index contributed by atoms with van der Waals surface area (Å²) in [5.41, 5.74) is 3.34. The van der Waals surface area contributed by atoms with E-state index in [-0.39, 0.29) is 5.69 Å². The van der Waals surface area contributed by atoms with Crippen LogP contribution in [0.3, 0.4) is 0 Å². The van der Waals surface area contributed by atoms with Gasteiger partial charge in [0, 0.05) is 17.7 Å². The number of nitrogens with one attached hydrogen (secondary N) is 1. The van der Waals surface area contributed by atoms with E-state index in [2.05, 4.69) is 5.32 Å². The van der Waals surface area contributed by atoms with Gasteiger partial charge in [-0.1, -0.05) is 18.2 Å². The minimum atomic E-state index is -0.440. The van der Waals surface area contributed by atoms with Gasteiger partial charge in [0.25, 0.3) is 5.69 Å². The van der Waals surface area contributed by atoms with Crippen molar-refractivity contribution < 1.29 is 9.72 Å². The fourth-order valence-corrected chi connectivity index (χ4v) is 1.92. The van der Waals surface area contributed by atoms with Gasteiger partial charge in [-0.2, -0.15) is 0 Å². The highest BCUT2D eigenvalue weighted by atomic mass is 16.6. The first-order valence-electron chi connectivity index (χ1n) is 5.68. The number of aryl methyl sites for hydroxylation is 1. The highest BCUT2D eigenvalue weighted by molar-refractivity contribution is 5.87. The molecule has 0 bridgehead atoms. The Morgan fingerprint density at radius 2 is 1.84 bits per heavy atom. The van der Waals surface area contributed by atoms with E-state index in [9.17, 15) is 14.9 Å². The second-order valence-electron chi connectivity index (χ2n) is 4.06.